The number of carboxylic acids is 1. The number of amides is 1. The molecule has 5 N–H and O–H groups in total. The van der Waals surface area contributed by atoms with Crippen LogP contribution in [0, 0.1) is 11.8 Å². The summed E-state index contributed by atoms with van der Waals surface area (Å²) in [5.41, 5.74) is 6.49. The number of Topliss-reactive ketones (excluding diaryl/α,β-unsaturated/α-hetero) is 1. The number of rotatable bonds is 12. The van der Waals surface area contributed by atoms with Crippen LogP contribution in [0.1, 0.15) is 36.4 Å². The van der Waals surface area contributed by atoms with Crippen LogP contribution in [0.3, 0.4) is 0 Å². The summed E-state index contributed by atoms with van der Waals surface area (Å²) in [7, 11) is -4.32. The van der Waals surface area contributed by atoms with Gasteiger partial charge >= 0.3 is 5.97 Å². The Morgan fingerprint density at radius 1 is 1.12 bits per heavy atom. The number of aliphatic carboxylic acids is 1. The third kappa shape index (κ3) is 7.15. The zero-order valence-electron chi connectivity index (χ0n) is 18.0. The van der Waals surface area contributed by atoms with Gasteiger partial charge in [-0.2, -0.15) is 0 Å². The molecule has 1 aromatic heterocycles. The second-order valence-electron chi connectivity index (χ2n) is 8.14. The summed E-state index contributed by atoms with van der Waals surface area (Å²) in [6.45, 7) is 3.66. The van der Waals surface area contributed by atoms with Crippen LogP contribution in [0.5, 0.6) is 0 Å². The van der Waals surface area contributed by atoms with Gasteiger partial charge < -0.3 is 25.5 Å². The van der Waals surface area contributed by atoms with Crippen LogP contribution < -0.4 is 11.1 Å². The molecule has 0 spiro atoms. The number of hydrogen-bond donors (Lipinski definition) is 4. The molecule has 4 atom stereocenters. The fraction of sp³-hybridized carbons (Fsp3) is 0.409. The monoisotopic (exact) mass is 464 g/mol. The Balaban J connectivity index is 2.16. The molecule has 9 nitrogen and oxygen atoms in total. The number of furan rings is 1. The molecule has 10 heteroatoms. The Hall–Kier alpha value is -2.74. The summed E-state index contributed by atoms with van der Waals surface area (Å²) in [4.78, 5) is 47.5. The molecule has 174 valence electrons. The molecular weight excluding hydrogens is 435 g/mol. The normalized spacial score (nSPS) is 16.0. The molecule has 0 aliphatic heterocycles. The minimum Gasteiger partial charge on any atom is -0.480 e. The van der Waals surface area contributed by atoms with Gasteiger partial charge in [0.15, 0.2) is 5.76 Å². The van der Waals surface area contributed by atoms with Crippen LogP contribution in [0.15, 0.2) is 53.1 Å². The van der Waals surface area contributed by atoms with Crippen LogP contribution in [0.2, 0.25) is 0 Å². The first-order valence-electron chi connectivity index (χ1n) is 10.2. The quantitative estimate of drug-likeness (QED) is 0.275. The van der Waals surface area contributed by atoms with E-state index >= 15 is 0 Å². The number of ketones is 1. The van der Waals surface area contributed by atoms with E-state index in [9.17, 15) is 28.9 Å². The van der Waals surface area contributed by atoms with Gasteiger partial charge in [0.05, 0.1) is 6.26 Å². The van der Waals surface area contributed by atoms with Crippen molar-refractivity contribution in [3.63, 3.8) is 0 Å². The molecule has 0 radical (unpaired) electrons. The average Bonchev–Trinajstić information content (AvgIpc) is 3.26. The summed E-state index contributed by atoms with van der Waals surface area (Å²) in [5.74, 6) is -5.66. The van der Waals surface area contributed by atoms with Crippen molar-refractivity contribution >= 4 is 25.0 Å². The fourth-order valence-electron chi connectivity index (χ4n) is 3.35. The summed E-state index contributed by atoms with van der Waals surface area (Å²) < 4.78 is 17.9. The minimum atomic E-state index is -4.32. The van der Waals surface area contributed by atoms with E-state index < -0.39 is 48.9 Å². The van der Waals surface area contributed by atoms with E-state index in [1.165, 1.54) is 18.4 Å². The molecule has 1 amide bonds. The predicted octanol–water partition coefficient (Wildman–Crippen LogP) is 2.49. The van der Waals surface area contributed by atoms with Crippen LogP contribution in [0.4, 0.5) is 0 Å². The van der Waals surface area contributed by atoms with Crippen LogP contribution in [-0.2, 0) is 20.6 Å². The lowest BCUT2D eigenvalue weighted by Crippen LogP contribution is -2.46. The molecule has 0 aliphatic carbocycles. The topological polar surface area (TPSA) is 160 Å². The second-order valence-corrected chi connectivity index (χ2v) is 10.6. The molecule has 1 heterocycles. The van der Waals surface area contributed by atoms with Crippen LogP contribution >= 0.6 is 7.37 Å². The summed E-state index contributed by atoms with van der Waals surface area (Å²) in [6.07, 6.45) is 0.970. The van der Waals surface area contributed by atoms with E-state index in [2.05, 4.69) is 5.32 Å². The molecule has 1 aromatic carbocycles. The third-order valence-electron chi connectivity index (χ3n) is 4.97. The van der Waals surface area contributed by atoms with E-state index in [4.69, 9.17) is 10.2 Å². The highest BCUT2D eigenvalue weighted by molar-refractivity contribution is 7.59. The first kappa shape index (κ1) is 25.5. The van der Waals surface area contributed by atoms with Gasteiger partial charge in [0.25, 0.3) is 0 Å². The van der Waals surface area contributed by atoms with Crippen molar-refractivity contribution in [1.82, 2.24) is 5.32 Å². The zero-order valence-corrected chi connectivity index (χ0v) is 18.9. The Labute approximate surface area is 186 Å². The van der Waals surface area contributed by atoms with Crippen molar-refractivity contribution in [2.24, 2.45) is 17.6 Å². The summed E-state index contributed by atoms with van der Waals surface area (Å²) in [5, 5.41) is 12.0. The van der Waals surface area contributed by atoms with Gasteiger partial charge in [-0.05, 0) is 30.0 Å². The maximum absolute atomic E-state index is 12.9. The van der Waals surface area contributed by atoms with Crippen molar-refractivity contribution in [1.29, 1.82) is 0 Å². The SMILES string of the molecule is CC(C)CC(CP(=O)(O)C(N)C(=O)c1ccco1)C(=O)N[C@@H](Cc1ccccc1)C(=O)O. The van der Waals surface area contributed by atoms with Gasteiger partial charge in [0, 0.05) is 18.5 Å². The van der Waals surface area contributed by atoms with E-state index in [-0.39, 0.29) is 24.5 Å². The van der Waals surface area contributed by atoms with Crippen molar-refractivity contribution in [3.05, 3.63) is 60.1 Å². The molecule has 2 aromatic rings. The van der Waals surface area contributed by atoms with Crippen molar-refractivity contribution in [2.75, 3.05) is 6.16 Å². The zero-order chi connectivity index (χ0) is 23.9. The fourth-order valence-corrected chi connectivity index (χ4v) is 5.02. The largest absolute Gasteiger partial charge is 0.480 e. The van der Waals surface area contributed by atoms with E-state index in [1.807, 2.05) is 13.8 Å². The van der Waals surface area contributed by atoms with Crippen molar-refractivity contribution in [3.8, 4) is 0 Å². The number of carboxylic acid groups (broad SMARTS) is 1. The highest BCUT2D eigenvalue weighted by atomic mass is 31.2. The first-order chi connectivity index (χ1) is 15.0. The molecule has 32 heavy (non-hydrogen) atoms. The number of hydrogen-bond acceptors (Lipinski definition) is 6. The Morgan fingerprint density at radius 2 is 1.78 bits per heavy atom. The average molecular weight is 464 g/mol. The van der Waals surface area contributed by atoms with Crippen molar-refractivity contribution in [2.45, 2.75) is 38.5 Å². The summed E-state index contributed by atoms with van der Waals surface area (Å²) >= 11 is 0. The number of carbonyl (C=O) groups is 3. The van der Waals surface area contributed by atoms with Gasteiger partial charge in [-0.1, -0.05) is 44.2 Å². The van der Waals surface area contributed by atoms with Gasteiger partial charge in [-0.15, -0.1) is 0 Å². The predicted molar refractivity (Wildman–Crippen MR) is 118 cm³/mol. The van der Waals surface area contributed by atoms with Gasteiger partial charge in [0.2, 0.25) is 19.1 Å². The lowest BCUT2D eigenvalue weighted by Gasteiger charge is -2.25. The number of carbonyl (C=O) groups excluding carboxylic acids is 2. The van der Waals surface area contributed by atoms with Crippen molar-refractivity contribution < 1.29 is 33.4 Å². The first-order valence-corrected chi connectivity index (χ1v) is 12.1. The van der Waals surface area contributed by atoms with Gasteiger partial charge in [-0.3, -0.25) is 14.2 Å². The molecule has 0 saturated heterocycles. The van der Waals surface area contributed by atoms with Gasteiger partial charge in [0.1, 0.15) is 11.8 Å². The maximum atomic E-state index is 12.9. The highest BCUT2D eigenvalue weighted by Crippen LogP contribution is 2.47. The van der Waals surface area contributed by atoms with Gasteiger partial charge in [-0.25, -0.2) is 4.79 Å². The Morgan fingerprint density at radius 3 is 2.31 bits per heavy atom. The van der Waals surface area contributed by atoms with Crippen LogP contribution in [0.25, 0.3) is 0 Å². The number of benzene rings is 1. The van der Waals surface area contributed by atoms with Crippen LogP contribution in [-0.4, -0.2) is 45.6 Å². The lowest BCUT2D eigenvalue weighted by atomic mass is 9.97. The smallest absolute Gasteiger partial charge is 0.326 e. The molecule has 0 saturated carbocycles. The molecular formula is C22H29N2O7P. The molecule has 0 fully saturated rings. The molecule has 0 bridgehead atoms. The Kier molecular flexibility index (Phi) is 8.95. The van der Waals surface area contributed by atoms with E-state index in [1.54, 1.807) is 30.3 Å². The minimum absolute atomic E-state index is 0.0276. The third-order valence-corrected chi connectivity index (χ3v) is 7.04. The molecule has 3 unspecified atom stereocenters. The van der Waals surface area contributed by atoms with E-state index in [0.717, 1.165) is 5.56 Å². The highest BCUT2D eigenvalue weighted by Gasteiger charge is 2.40. The lowest BCUT2D eigenvalue weighted by molar-refractivity contribution is -0.142. The second kappa shape index (κ2) is 11.2. The number of nitrogens with one attached hydrogen (secondary N) is 1. The molecule has 0 aliphatic rings. The van der Waals surface area contributed by atoms with E-state index in [0.29, 0.717) is 0 Å². The number of nitrogens with two attached hydrogens (primary N) is 1. The summed E-state index contributed by atoms with van der Waals surface area (Å²) in [6, 6.07) is 10.4. The Bertz CT molecular complexity index is 960. The standard InChI is InChI=1S/C22H29N2O7P/c1-14(2)11-16(13-32(29,30)20(23)19(25)18-9-6-10-31-18)21(26)24-17(22(27)28)12-15-7-4-3-5-8-15/h3-10,14,16-17,20H,11-13,23H2,1-2H3,(H,24,26)(H,27,28)(H,29,30)/t16?,17-,20?/m0/s1. The molecule has 2 rings (SSSR count). The maximum Gasteiger partial charge on any atom is 0.326 e.